The van der Waals surface area contributed by atoms with Gasteiger partial charge in [-0.2, -0.15) is 0 Å². The molecule has 0 aliphatic rings. The number of benzene rings is 1. The van der Waals surface area contributed by atoms with Gasteiger partial charge in [0, 0.05) is 24.2 Å². The van der Waals surface area contributed by atoms with Crippen LogP contribution in [0.5, 0.6) is 0 Å². The van der Waals surface area contributed by atoms with Gasteiger partial charge >= 0.3 is 0 Å². The molecule has 0 atom stereocenters. The van der Waals surface area contributed by atoms with Gasteiger partial charge in [-0.15, -0.1) is 0 Å². The van der Waals surface area contributed by atoms with Crippen molar-refractivity contribution in [2.75, 3.05) is 11.9 Å². The van der Waals surface area contributed by atoms with E-state index in [9.17, 15) is 10.1 Å². The predicted molar refractivity (Wildman–Crippen MR) is 68.3 cm³/mol. The van der Waals surface area contributed by atoms with Gasteiger partial charge in [-0.05, 0) is 6.92 Å². The largest absolute Gasteiger partial charge is 0.369 e. The van der Waals surface area contributed by atoms with Crippen molar-refractivity contribution in [1.82, 2.24) is 9.97 Å². The van der Waals surface area contributed by atoms with Gasteiger partial charge in [0.15, 0.2) is 0 Å². The van der Waals surface area contributed by atoms with Gasteiger partial charge in [-0.1, -0.05) is 12.1 Å². The Balaban J connectivity index is 2.38. The fraction of sp³-hybridized carbons (Fsp3) is 0.167. The van der Waals surface area contributed by atoms with Crippen LogP contribution in [0.3, 0.4) is 0 Å². The fourth-order valence-corrected chi connectivity index (χ4v) is 1.55. The van der Waals surface area contributed by atoms with Crippen LogP contribution in [0.25, 0.3) is 11.3 Å². The molecule has 92 valence electrons. The van der Waals surface area contributed by atoms with E-state index in [0.29, 0.717) is 17.1 Å². The molecule has 0 spiro atoms. The lowest BCUT2D eigenvalue weighted by atomic mass is 10.1. The topological polar surface area (TPSA) is 81.0 Å². The molecule has 1 heterocycles. The summed E-state index contributed by atoms with van der Waals surface area (Å²) in [6, 6.07) is 6.34. The van der Waals surface area contributed by atoms with Crippen molar-refractivity contribution in [2.45, 2.75) is 6.92 Å². The Labute approximate surface area is 104 Å². The molecule has 0 fully saturated rings. The molecule has 6 heteroatoms. The van der Waals surface area contributed by atoms with E-state index in [1.54, 1.807) is 24.5 Å². The lowest BCUT2D eigenvalue weighted by molar-refractivity contribution is -0.384. The van der Waals surface area contributed by atoms with Gasteiger partial charge in [-0.25, -0.2) is 4.98 Å². The second-order valence-corrected chi connectivity index (χ2v) is 3.63. The summed E-state index contributed by atoms with van der Waals surface area (Å²) in [6.45, 7) is 2.70. The number of rotatable bonds is 4. The molecule has 18 heavy (non-hydrogen) atoms. The summed E-state index contributed by atoms with van der Waals surface area (Å²) in [5.74, 6) is 0.654. The molecular weight excluding hydrogens is 232 g/mol. The molecule has 6 nitrogen and oxygen atoms in total. The van der Waals surface area contributed by atoms with Crippen LogP contribution in [0.15, 0.2) is 36.7 Å². The highest BCUT2D eigenvalue weighted by atomic mass is 16.6. The Bertz CT molecular complexity index is 572. The Kier molecular flexibility index (Phi) is 3.47. The third kappa shape index (κ3) is 2.60. The summed E-state index contributed by atoms with van der Waals surface area (Å²) in [4.78, 5) is 18.7. The van der Waals surface area contributed by atoms with Crippen molar-refractivity contribution in [1.29, 1.82) is 0 Å². The summed E-state index contributed by atoms with van der Waals surface area (Å²) in [6.07, 6.45) is 3.20. The molecule has 1 aromatic heterocycles. The molecule has 0 unspecified atom stereocenters. The first-order valence-corrected chi connectivity index (χ1v) is 5.51. The molecule has 2 rings (SSSR count). The summed E-state index contributed by atoms with van der Waals surface area (Å²) in [5.41, 5.74) is 1.33. The second-order valence-electron chi connectivity index (χ2n) is 3.63. The third-order valence-corrected chi connectivity index (χ3v) is 2.35. The van der Waals surface area contributed by atoms with Crippen LogP contribution < -0.4 is 5.32 Å². The standard InChI is InChI=1S/C12H12N4O2/c1-2-14-12-8-13-7-11(15-12)9-4-3-5-10(6-9)16(17)18/h3-8H,2H2,1H3,(H,14,15). The van der Waals surface area contributed by atoms with Crippen molar-refractivity contribution >= 4 is 11.5 Å². The molecule has 1 N–H and O–H groups in total. The predicted octanol–water partition coefficient (Wildman–Crippen LogP) is 2.48. The number of nitrogens with one attached hydrogen (secondary N) is 1. The van der Waals surface area contributed by atoms with Crippen molar-refractivity contribution in [2.24, 2.45) is 0 Å². The highest BCUT2D eigenvalue weighted by Crippen LogP contribution is 2.22. The molecule has 0 radical (unpaired) electrons. The van der Waals surface area contributed by atoms with E-state index in [-0.39, 0.29) is 5.69 Å². The van der Waals surface area contributed by atoms with Gasteiger partial charge in [0.05, 0.1) is 23.0 Å². The van der Waals surface area contributed by atoms with E-state index in [0.717, 1.165) is 6.54 Å². The number of hydrogen-bond acceptors (Lipinski definition) is 5. The number of nitro benzene ring substituents is 1. The Morgan fingerprint density at radius 2 is 2.22 bits per heavy atom. The van der Waals surface area contributed by atoms with Gasteiger partial charge in [0.25, 0.3) is 5.69 Å². The lowest BCUT2D eigenvalue weighted by Crippen LogP contribution is -2.00. The van der Waals surface area contributed by atoms with Crippen LogP contribution in [0.2, 0.25) is 0 Å². The Hall–Kier alpha value is -2.50. The highest BCUT2D eigenvalue weighted by Gasteiger charge is 2.08. The molecule has 0 bridgehead atoms. The number of nitrogens with zero attached hydrogens (tertiary/aromatic N) is 3. The van der Waals surface area contributed by atoms with Crippen molar-refractivity contribution in [3.63, 3.8) is 0 Å². The highest BCUT2D eigenvalue weighted by molar-refractivity contribution is 5.63. The van der Waals surface area contributed by atoms with Gasteiger partial charge in [-0.3, -0.25) is 15.1 Å². The SMILES string of the molecule is CCNc1cncc(-c2cccc([N+](=O)[O-])c2)n1. The smallest absolute Gasteiger partial charge is 0.270 e. The van der Waals surface area contributed by atoms with E-state index in [4.69, 9.17) is 0 Å². The lowest BCUT2D eigenvalue weighted by Gasteiger charge is -2.04. The van der Waals surface area contributed by atoms with Crippen LogP contribution in [0.1, 0.15) is 6.92 Å². The zero-order valence-corrected chi connectivity index (χ0v) is 9.83. The summed E-state index contributed by atoms with van der Waals surface area (Å²) >= 11 is 0. The van der Waals surface area contributed by atoms with Crippen LogP contribution in [0, 0.1) is 10.1 Å². The zero-order chi connectivity index (χ0) is 13.0. The van der Waals surface area contributed by atoms with Crippen molar-refractivity contribution in [3.05, 3.63) is 46.8 Å². The number of non-ortho nitro benzene ring substituents is 1. The fourth-order valence-electron chi connectivity index (χ4n) is 1.55. The first kappa shape index (κ1) is 12.0. The zero-order valence-electron chi connectivity index (χ0n) is 9.83. The third-order valence-electron chi connectivity index (χ3n) is 2.35. The summed E-state index contributed by atoms with van der Waals surface area (Å²) in [5, 5.41) is 13.8. The molecular formula is C12H12N4O2. The average molecular weight is 244 g/mol. The first-order chi connectivity index (χ1) is 8.70. The normalized spacial score (nSPS) is 10.1. The van der Waals surface area contributed by atoms with E-state index >= 15 is 0 Å². The Morgan fingerprint density at radius 3 is 2.94 bits per heavy atom. The number of aromatic nitrogens is 2. The maximum atomic E-state index is 10.7. The van der Waals surface area contributed by atoms with Gasteiger partial charge < -0.3 is 5.32 Å². The average Bonchev–Trinajstić information content (AvgIpc) is 2.39. The molecule has 1 aromatic carbocycles. The van der Waals surface area contributed by atoms with E-state index in [1.807, 2.05) is 6.92 Å². The first-order valence-electron chi connectivity index (χ1n) is 5.51. The van der Waals surface area contributed by atoms with Crippen molar-refractivity contribution < 1.29 is 4.92 Å². The van der Waals surface area contributed by atoms with E-state index in [2.05, 4.69) is 15.3 Å². The second kappa shape index (κ2) is 5.22. The van der Waals surface area contributed by atoms with Crippen molar-refractivity contribution in [3.8, 4) is 11.3 Å². The maximum Gasteiger partial charge on any atom is 0.270 e. The molecule has 0 saturated heterocycles. The maximum absolute atomic E-state index is 10.7. The summed E-state index contributed by atoms with van der Waals surface area (Å²) < 4.78 is 0. The Morgan fingerprint density at radius 1 is 1.39 bits per heavy atom. The monoisotopic (exact) mass is 244 g/mol. The minimum atomic E-state index is -0.426. The van der Waals surface area contributed by atoms with Gasteiger partial charge in [0.1, 0.15) is 5.82 Å². The van der Waals surface area contributed by atoms with Crippen LogP contribution in [-0.2, 0) is 0 Å². The van der Waals surface area contributed by atoms with Crippen LogP contribution in [-0.4, -0.2) is 21.4 Å². The quantitative estimate of drug-likeness (QED) is 0.660. The van der Waals surface area contributed by atoms with E-state index in [1.165, 1.54) is 12.1 Å². The number of hydrogen-bond donors (Lipinski definition) is 1. The molecule has 0 aliphatic heterocycles. The summed E-state index contributed by atoms with van der Waals surface area (Å²) in [7, 11) is 0. The van der Waals surface area contributed by atoms with Gasteiger partial charge in [0.2, 0.25) is 0 Å². The minimum Gasteiger partial charge on any atom is -0.369 e. The number of nitro groups is 1. The van der Waals surface area contributed by atoms with Crippen LogP contribution in [0.4, 0.5) is 11.5 Å². The molecule has 0 saturated carbocycles. The van der Waals surface area contributed by atoms with Crippen LogP contribution >= 0.6 is 0 Å². The molecule has 0 aliphatic carbocycles. The molecule has 0 amide bonds. The number of anilines is 1. The van der Waals surface area contributed by atoms with E-state index < -0.39 is 4.92 Å². The molecule has 2 aromatic rings. The minimum absolute atomic E-state index is 0.0446.